The molecule has 1 fully saturated rings. The molecule has 1 aromatic rings. The third-order valence-electron chi connectivity index (χ3n) is 4.37. The molecule has 1 saturated heterocycles. The summed E-state index contributed by atoms with van der Waals surface area (Å²) in [6.07, 6.45) is 7.45. The molecular weight excluding hydrogens is 463 g/mol. The van der Waals surface area contributed by atoms with Crippen molar-refractivity contribution >= 4 is 41.3 Å². The van der Waals surface area contributed by atoms with Gasteiger partial charge in [0, 0.05) is 64.5 Å². The van der Waals surface area contributed by atoms with Gasteiger partial charge in [-0.15, -0.1) is 35.3 Å². The molecular formula is C18H33IN4O2S. The molecule has 8 heteroatoms. The number of guanidine groups is 1. The third kappa shape index (κ3) is 8.06. The second-order valence-electron chi connectivity index (χ2n) is 6.20. The van der Waals surface area contributed by atoms with Crippen LogP contribution < -0.4 is 5.32 Å². The summed E-state index contributed by atoms with van der Waals surface area (Å²) < 4.78 is 11.0. The zero-order valence-corrected chi connectivity index (χ0v) is 19.3. The smallest absolute Gasteiger partial charge is 0.193 e. The fourth-order valence-electron chi connectivity index (χ4n) is 2.93. The van der Waals surface area contributed by atoms with E-state index in [4.69, 9.17) is 9.47 Å². The standard InChI is InChI=1S/C18H32N4O2S.HI/c1-4-16-14-21-17(25-16)6-9-20-18(19-2)22-10-7-15(8-11-22)24-13-5-12-23-3;/h14-15H,4-13H2,1-3H3,(H,19,20);1H. The van der Waals surface area contributed by atoms with Gasteiger partial charge in [0.15, 0.2) is 5.96 Å². The molecule has 0 atom stereocenters. The summed E-state index contributed by atoms with van der Waals surface area (Å²) in [5, 5.41) is 4.67. The molecule has 0 unspecified atom stereocenters. The van der Waals surface area contributed by atoms with Gasteiger partial charge < -0.3 is 19.7 Å². The SMILES string of the molecule is CCc1cnc(CCNC(=NC)N2CCC(OCCCOC)CC2)s1.I. The second kappa shape index (κ2) is 13.7. The van der Waals surface area contributed by atoms with Gasteiger partial charge in [-0.25, -0.2) is 4.98 Å². The van der Waals surface area contributed by atoms with Crippen molar-refractivity contribution in [3.8, 4) is 0 Å². The van der Waals surface area contributed by atoms with Crippen molar-refractivity contribution in [3.63, 3.8) is 0 Å². The van der Waals surface area contributed by atoms with Crippen LogP contribution in [-0.2, 0) is 22.3 Å². The lowest BCUT2D eigenvalue weighted by Gasteiger charge is -2.34. The maximum atomic E-state index is 5.92. The Morgan fingerprint density at radius 2 is 2.15 bits per heavy atom. The molecule has 26 heavy (non-hydrogen) atoms. The number of rotatable bonds is 9. The molecule has 0 spiro atoms. The summed E-state index contributed by atoms with van der Waals surface area (Å²) in [5.41, 5.74) is 0. The van der Waals surface area contributed by atoms with Crippen LogP contribution in [0.4, 0.5) is 0 Å². The highest BCUT2D eigenvalue weighted by molar-refractivity contribution is 14.0. The van der Waals surface area contributed by atoms with Crippen molar-refractivity contribution in [2.24, 2.45) is 4.99 Å². The van der Waals surface area contributed by atoms with Crippen molar-refractivity contribution in [1.82, 2.24) is 15.2 Å². The first-order valence-electron chi connectivity index (χ1n) is 9.26. The fourth-order valence-corrected chi connectivity index (χ4v) is 3.79. The van der Waals surface area contributed by atoms with Crippen LogP contribution in [0, 0.1) is 0 Å². The lowest BCUT2D eigenvalue weighted by Crippen LogP contribution is -2.47. The van der Waals surface area contributed by atoms with E-state index < -0.39 is 0 Å². The zero-order chi connectivity index (χ0) is 17.9. The average Bonchev–Trinajstić information content (AvgIpc) is 3.11. The predicted molar refractivity (Wildman–Crippen MR) is 119 cm³/mol. The van der Waals surface area contributed by atoms with Gasteiger partial charge in [-0.3, -0.25) is 4.99 Å². The summed E-state index contributed by atoms with van der Waals surface area (Å²) in [5.74, 6) is 0.991. The predicted octanol–water partition coefficient (Wildman–Crippen LogP) is 2.96. The molecule has 1 aliphatic rings. The summed E-state index contributed by atoms with van der Waals surface area (Å²) in [4.78, 5) is 12.6. The number of methoxy groups -OCH3 is 1. The van der Waals surface area contributed by atoms with Crippen LogP contribution in [0.2, 0.25) is 0 Å². The molecule has 0 saturated carbocycles. The van der Waals surface area contributed by atoms with E-state index in [1.54, 1.807) is 7.11 Å². The first-order valence-corrected chi connectivity index (χ1v) is 10.1. The van der Waals surface area contributed by atoms with Gasteiger partial charge in [0.1, 0.15) is 0 Å². The maximum Gasteiger partial charge on any atom is 0.193 e. The molecule has 1 aliphatic heterocycles. The Bertz CT molecular complexity index is 519. The Morgan fingerprint density at radius 1 is 1.38 bits per heavy atom. The average molecular weight is 496 g/mol. The topological polar surface area (TPSA) is 59.0 Å². The third-order valence-corrected chi connectivity index (χ3v) is 5.57. The van der Waals surface area contributed by atoms with E-state index in [9.17, 15) is 0 Å². The minimum atomic E-state index is 0. The van der Waals surface area contributed by atoms with Crippen molar-refractivity contribution in [2.75, 3.05) is 47.0 Å². The number of aryl methyl sites for hydroxylation is 1. The minimum absolute atomic E-state index is 0. The molecule has 2 rings (SSSR count). The first-order chi connectivity index (χ1) is 12.3. The highest BCUT2D eigenvalue weighted by Crippen LogP contribution is 2.15. The van der Waals surface area contributed by atoms with E-state index >= 15 is 0 Å². The highest BCUT2D eigenvalue weighted by atomic mass is 127. The summed E-state index contributed by atoms with van der Waals surface area (Å²) >= 11 is 1.81. The molecule has 0 aliphatic carbocycles. The number of piperidine rings is 1. The number of aromatic nitrogens is 1. The van der Waals surface area contributed by atoms with Crippen molar-refractivity contribution < 1.29 is 9.47 Å². The lowest BCUT2D eigenvalue weighted by molar-refractivity contribution is 0.00992. The van der Waals surface area contributed by atoms with Crippen molar-refractivity contribution in [3.05, 3.63) is 16.1 Å². The van der Waals surface area contributed by atoms with Gasteiger partial charge in [0.2, 0.25) is 0 Å². The van der Waals surface area contributed by atoms with E-state index in [-0.39, 0.29) is 24.0 Å². The summed E-state index contributed by atoms with van der Waals surface area (Å²) in [7, 11) is 3.59. The zero-order valence-electron chi connectivity index (χ0n) is 16.2. The highest BCUT2D eigenvalue weighted by Gasteiger charge is 2.21. The monoisotopic (exact) mass is 496 g/mol. The Hall–Kier alpha value is -0.450. The van der Waals surface area contributed by atoms with E-state index in [0.717, 1.165) is 70.9 Å². The molecule has 150 valence electrons. The van der Waals surface area contributed by atoms with Gasteiger partial charge >= 0.3 is 0 Å². The lowest BCUT2D eigenvalue weighted by atomic mass is 10.1. The number of likely N-dealkylation sites (tertiary alicyclic amines) is 1. The molecule has 0 aromatic carbocycles. The van der Waals surface area contributed by atoms with E-state index in [1.807, 2.05) is 24.6 Å². The number of hydrogen-bond donors (Lipinski definition) is 1. The minimum Gasteiger partial charge on any atom is -0.385 e. The van der Waals surface area contributed by atoms with E-state index in [1.165, 1.54) is 9.88 Å². The van der Waals surface area contributed by atoms with Crippen LogP contribution in [0.15, 0.2) is 11.2 Å². The normalized spacial score (nSPS) is 15.8. The molecule has 2 heterocycles. The van der Waals surface area contributed by atoms with Crippen molar-refractivity contribution in [2.45, 2.75) is 45.1 Å². The van der Waals surface area contributed by atoms with Gasteiger partial charge in [-0.1, -0.05) is 6.92 Å². The van der Waals surface area contributed by atoms with Crippen LogP contribution in [0.5, 0.6) is 0 Å². The van der Waals surface area contributed by atoms with Gasteiger partial charge in [0.25, 0.3) is 0 Å². The molecule has 1 aromatic heterocycles. The van der Waals surface area contributed by atoms with Gasteiger partial charge in [0.05, 0.1) is 11.1 Å². The molecule has 1 N–H and O–H groups in total. The van der Waals surface area contributed by atoms with E-state index in [2.05, 4.69) is 27.1 Å². The summed E-state index contributed by atoms with van der Waals surface area (Å²) in [6, 6.07) is 0. The first kappa shape index (κ1) is 23.6. The van der Waals surface area contributed by atoms with Crippen molar-refractivity contribution in [1.29, 1.82) is 0 Å². The maximum absolute atomic E-state index is 5.92. The number of hydrogen-bond acceptors (Lipinski definition) is 5. The Kier molecular flexibility index (Phi) is 12.4. The molecule has 0 amide bonds. The van der Waals surface area contributed by atoms with Crippen LogP contribution >= 0.6 is 35.3 Å². The van der Waals surface area contributed by atoms with Crippen LogP contribution in [-0.4, -0.2) is 69.0 Å². The number of halogens is 1. The number of aliphatic imine (C=N–C) groups is 1. The van der Waals surface area contributed by atoms with Gasteiger partial charge in [-0.05, 0) is 25.7 Å². The number of thiazole rings is 1. The Morgan fingerprint density at radius 3 is 2.77 bits per heavy atom. The number of ether oxygens (including phenoxy) is 2. The molecule has 6 nitrogen and oxygen atoms in total. The number of nitrogens with one attached hydrogen (secondary N) is 1. The summed E-state index contributed by atoms with van der Waals surface area (Å²) in [6.45, 7) is 6.59. The van der Waals surface area contributed by atoms with Crippen LogP contribution in [0.3, 0.4) is 0 Å². The van der Waals surface area contributed by atoms with Crippen LogP contribution in [0.1, 0.15) is 36.1 Å². The largest absolute Gasteiger partial charge is 0.385 e. The Labute approximate surface area is 178 Å². The van der Waals surface area contributed by atoms with Gasteiger partial charge in [-0.2, -0.15) is 0 Å². The molecule has 0 bridgehead atoms. The van der Waals surface area contributed by atoms with Crippen LogP contribution in [0.25, 0.3) is 0 Å². The quantitative estimate of drug-likeness (QED) is 0.247. The molecule has 0 radical (unpaired) electrons. The fraction of sp³-hybridized carbons (Fsp3) is 0.778. The number of nitrogens with zero attached hydrogens (tertiary/aromatic N) is 3. The Balaban J connectivity index is 0.00000338. The van der Waals surface area contributed by atoms with E-state index in [0.29, 0.717) is 6.10 Å². The second-order valence-corrected chi connectivity index (χ2v) is 7.40.